The maximum Gasteiger partial charge on any atom is 0.137 e. The molecule has 0 spiro atoms. The number of benzene rings is 2. The van der Waals surface area contributed by atoms with Crippen LogP contribution in [0.1, 0.15) is 19.4 Å². The van der Waals surface area contributed by atoms with E-state index in [0.29, 0.717) is 16.8 Å². The van der Waals surface area contributed by atoms with Crippen molar-refractivity contribution in [3.8, 4) is 16.9 Å². The van der Waals surface area contributed by atoms with Crippen LogP contribution in [0.3, 0.4) is 0 Å². The molecule has 0 fully saturated rings. The molecule has 0 aromatic heterocycles. The summed E-state index contributed by atoms with van der Waals surface area (Å²) in [6.07, 6.45) is 1.04. The average molecular weight is 304 g/mol. The number of hydrogen-bond acceptors (Lipinski definition) is 2. The van der Waals surface area contributed by atoms with Crippen LogP contribution in [-0.4, -0.2) is 19.7 Å². The van der Waals surface area contributed by atoms with E-state index in [-0.39, 0.29) is 0 Å². The van der Waals surface area contributed by atoms with Crippen LogP contribution in [0.2, 0.25) is 5.02 Å². The molecule has 21 heavy (non-hydrogen) atoms. The first-order chi connectivity index (χ1) is 10.1. The summed E-state index contributed by atoms with van der Waals surface area (Å²) in [7, 11) is 1.63. The molecule has 0 aliphatic heterocycles. The summed E-state index contributed by atoms with van der Waals surface area (Å²) in [5, 5.41) is 4.07. The molecule has 1 unspecified atom stereocenters. The van der Waals surface area contributed by atoms with Crippen molar-refractivity contribution in [1.82, 2.24) is 5.32 Å². The summed E-state index contributed by atoms with van der Waals surface area (Å²) in [5.74, 6) is 0.705. The first-order valence-corrected chi connectivity index (χ1v) is 7.68. The van der Waals surface area contributed by atoms with Crippen molar-refractivity contribution in [2.24, 2.45) is 0 Å². The Balaban J connectivity index is 2.13. The number of methoxy groups -OCH3 is 1. The minimum Gasteiger partial charge on any atom is -0.495 e. The first-order valence-electron chi connectivity index (χ1n) is 7.30. The fraction of sp³-hybridized carbons (Fsp3) is 0.333. The van der Waals surface area contributed by atoms with E-state index in [0.717, 1.165) is 18.5 Å². The predicted molar refractivity (Wildman–Crippen MR) is 90.3 cm³/mol. The van der Waals surface area contributed by atoms with Gasteiger partial charge in [-0.15, -0.1) is 0 Å². The smallest absolute Gasteiger partial charge is 0.137 e. The zero-order chi connectivity index (χ0) is 15.2. The van der Waals surface area contributed by atoms with Gasteiger partial charge in [-0.05, 0) is 48.7 Å². The Morgan fingerprint density at radius 1 is 1.10 bits per heavy atom. The highest BCUT2D eigenvalue weighted by molar-refractivity contribution is 6.32. The molecule has 112 valence electrons. The molecule has 2 aromatic rings. The lowest BCUT2D eigenvalue weighted by Gasteiger charge is -2.12. The largest absolute Gasteiger partial charge is 0.495 e. The Labute approximate surface area is 132 Å². The molecule has 0 amide bonds. The molecule has 0 bridgehead atoms. The summed E-state index contributed by atoms with van der Waals surface area (Å²) < 4.78 is 5.18. The van der Waals surface area contributed by atoms with Crippen molar-refractivity contribution in [3.63, 3.8) is 0 Å². The van der Waals surface area contributed by atoms with E-state index >= 15 is 0 Å². The highest BCUT2D eigenvalue weighted by Crippen LogP contribution is 2.30. The molecule has 0 saturated heterocycles. The van der Waals surface area contributed by atoms with Crippen LogP contribution in [0.15, 0.2) is 42.5 Å². The minimum absolute atomic E-state index is 0.497. The molecule has 2 aromatic carbocycles. The third-order valence-electron chi connectivity index (χ3n) is 3.53. The highest BCUT2D eigenvalue weighted by atomic mass is 35.5. The number of ether oxygens (including phenoxy) is 1. The molecule has 2 rings (SSSR count). The van der Waals surface area contributed by atoms with Crippen LogP contribution in [0.25, 0.3) is 11.1 Å². The molecule has 1 atom stereocenters. The zero-order valence-corrected chi connectivity index (χ0v) is 13.6. The zero-order valence-electron chi connectivity index (χ0n) is 12.8. The van der Waals surface area contributed by atoms with Gasteiger partial charge in [-0.1, -0.05) is 48.9 Å². The third-order valence-corrected chi connectivity index (χ3v) is 3.83. The minimum atomic E-state index is 0.497. The lowest BCUT2D eigenvalue weighted by atomic mass is 10.0. The SMILES string of the molecule is CCNC(C)Cc1ccc(-c2ccc(OC)c(Cl)c2)cc1. The normalized spacial score (nSPS) is 12.2. The number of rotatable bonds is 6. The van der Waals surface area contributed by atoms with Crippen LogP contribution < -0.4 is 10.1 Å². The summed E-state index contributed by atoms with van der Waals surface area (Å²) in [4.78, 5) is 0. The maximum atomic E-state index is 6.18. The third kappa shape index (κ3) is 4.23. The van der Waals surface area contributed by atoms with Gasteiger partial charge in [-0.25, -0.2) is 0 Å². The fourth-order valence-electron chi connectivity index (χ4n) is 2.45. The van der Waals surface area contributed by atoms with E-state index in [1.165, 1.54) is 11.1 Å². The van der Waals surface area contributed by atoms with E-state index in [4.69, 9.17) is 16.3 Å². The van der Waals surface area contributed by atoms with Crippen molar-refractivity contribution in [1.29, 1.82) is 0 Å². The second-order valence-corrected chi connectivity index (χ2v) is 5.62. The van der Waals surface area contributed by atoms with Gasteiger partial charge in [0, 0.05) is 6.04 Å². The van der Waals surface area contributed by atoms with Gasteiger partial charge < -0.3 is 10.1 Å². The van der Waals surface area contributed by atoms with Crippen LogP contribution >= 0.6 is 11.6 Å². The number of nitrogens with one attached hydrogen (secondary N) is 1. The van der Waals surface area contributed by atoms with Crippen molar-refractivity contribution in [2.75, 3.05) is 13.7 Å². The second kappa shape index (κ2) is 7.48. The van der Waals surface area contributed by atoms with Crippen molar-refractivity contribution < 1.29 is 4.74 Å². The Kier molecular flexibility index (Phi) is 5.66. The Morgan fingerprint density at radius 2 is 1.76 bits per heavy atom. The van der Waals surface area contributed by atoms with Crippen LogP contribution in [0.4, 0.5) is 0 Å². The quantitative estimate of drug-likeness (QED) is 0.845. The van der Waals surface area contributed by atoms with Gasteiger partial charge in [0.2, 0.25) is 0 Å². The van der Waals surface area contributed by atoms with Gasteiger partial charge in [0.25, 0.3) is 0 Å². The summed E-state index contributed by atoms with van der Waals surface area (Å²) in [6, 6.07) is 15.0. The van der Waals surface area contributed by atoms with Crippen molar-refractivity contribution in [2.45, 2.75) is 26.3 Å². The highest BCUT2D eigenvalue weighted by Gasteiger charge is 2.05. The Morgan fingerprint density at radius 3 is 2.33 bits per heavy atom. The van der Waals surface area contributed by atoms with Crippen LogP contribution in [0.5, 0.6) is 5.75 Å². The van der Waals surface area contributed by atoms with E-state index in [2.05, 4.69) is 43.4 Å². The topological polar surface area (TPSA) is 21.3 Å². The monoisotopic (exact) mass is 303 g/mol. The van der Waals surface area contributed by atoms with E-state index in [9.17, 15) is 0 Å². The lowest BCUT2D eigenvalue weighted by Crippen LogP contribution is -2.27. The molecular weight excluding hydrogens is 282 g/mol. The van der Waals surface area contributed by atoms with Crippen molar-refractivity contribution in [3.05, 3.63) is 53.1 Å². The Hall–Kier alpha value is -1.51. The molecule has 0 aliphatic carbocycles. The van der Waals surface area contributed by atoms with E-state index < -0.39 is 0 Å². The maximum absolute atomic E-state index is 6.18. The second-order valence-electron chi connectivity index (χ2n) is 5.21. The predicted octanol–water partition coefficient (Wildman–Crippen LogP) is 4.56. The summed E-state index contributed by atoms with van der Waals surface area (Å²) >= 11 is 6.18. The van der Waals surface area contributed by atoms with Crippen molar-refractivity contribution >= 4 is 11.6 Å². The molecule has 2 nitrogen and oxygen atoms in total. The lowest BCUT2D eigenvalue weighted by molar-refractivity contribution is 0.415. The van der Waals surface area contributed by atoms with Gasteiger partial charge in [-0.3, -0.25) is 0 Å². The number of likely N-dealkylation sites (N-methyl/N-ethyl adjacent to an activating group) is 1. The molecule has 0 saturated carbocycles. The fourth-order valence-corrected chi connectivity index (χ4v) is 2.71. The standard InChI is InChI=1S/C18H22ClNO/c1-4-20-13(2)11-14-5-7-15(8-6-14)16-9-10-18(21-3)17(19)12-16/h5-10,12-13,20H,4,11H2,1-3H3. The van der Waals surface area contributed by atoms with Gasteiger partial charge in [-0.2, -0.15) is 0 Å². The van der Waals surface area contributed by atoms with Gasteiger partial charge >= 0.3 is 0 Å². The summed E-state index contributed by atoms with van der Waals surface area (Å²) in [5.41, 5.74) is 3.61. The first kappa shape index (κ1) is 15.9. The molecule has 0 radical (unpaired) electrons. The Bertz CT molecular complexity index is 580. The number of halogens is 1. The molecule has 0 heterocycles. The average Bonchev–Trinajstić information content (AvgIpc) is 2.48. The van der Waals surface area contributed by atoms with E-state index in [1.54, 1.807) is 7.11 Å². The summed E-state index contributed by atoms with van der Waals surface area (Å²) in [6.45, 7) is 5.34. The number of hydrogen-bond donors (Lipinski definition) is 1. The molecule has 1 N–H and O–H groups in total. The van der Waals surface area contributed by atoms with E-state index in [1.807, 2.05) is 18.2 Å². The van der Waals surface area contributed by atoms with Gasteiger partial charge in [0.05, 0.1) is 12.1 Å². The molecular formula is C18H22ClNO. The molecule has 0 aliphatic rings. The van der Waals surface area contributed by atoms with Crippen LogP contribution in [-0.2, 0) is 6.42 Å². The van der Waals surface area contributed by atoms with Gasteiger partial charge in [0.1, 0.15) is 5.75 Å². The molecule has 3 heteroatoms. The van der Waals surface area contributed by atoms with Gasteiger partial charge in [0.15, 0.2) is 0 Å². The van der Waals surface area contributed by atoms with Crippen LogP contribution in [0, 0.1) is 0 Å².